The average Bonchev–Trinajstić information content (AvgIpc) is 2.89. The minimum Gasteiger partial charge on any atom is -0.482 e. The number of hydrogen-bond donors (Lipinski definition) is 0. The van der Waals surface area contributed by atoms with Crippen molar-refractivity contribution < 1.29 is 9.53 Å². The molecule has 0 saturated carbocycles. The number of ketones is 1. The van der Waals surface area contributed by atoms with Gasteiger partial charge in [0, 0.05) is 0 Å². The van der Waals surface area contributed by atoms with Gasteiger partial charge in [0.15, 0.2) is 12.4 Å². The van der Waals surface area contributed by atoms with E-state index >= 15 is 0 Å². The Morgan fingerprint density at radius 3 is 1.90 bits per heavy atom. The molecule has 0 radical (unpaired) electrons. The van der Waals surface area contributed by atoms with Crippen LogP contribution in [0.4, 0.5) is 0 Å². The molecule has 0 unspecified atom stereocenters. The number of hydrogen-bond acceptors (Lipinski definition) is 3. The van der Waals surface area contributed by atoms with Crippen LogP contribution in [0, 0.1) is 0 Å². The Labute approximate surface area is 154 Å². The topological polar surface area (TPSA) is 26.3 Å². The van der Waals surface area contributed by atoms with Gasteiger partial charge in [0.25, 0.3) is 0 Å². The summed E-state index contributed by atoms with van der Waals surface area (Å²) in [7, 11) is 0. The molecule has 0 aliphatic rings. The molecule has 0 amide bonds. The molecule has 0 aliphatic carbocycles. The van der Waals surface area contributed by atoms with Gasteiger partial charge in [-0.1, -0.05) is 69.6 Å². The molecule has 0 N–H and O–H groups in total. The minimum atomic E-state index is -0.287. The van der Waals surface area contributed by atoms with Gasteiger partial charge in [-0.15, -0.1) is 11.3 Å². The van der Waals surface area contributed by atoms with Crippen molar-refractivity contribution in [3.05, 3.63) is 46.5 Å². The van der Waals surface area contributed by atoms with E-state index in [2.05, 4.69) is 0 Å². The van der Waals surface area contributed by atoms with Crippen LogP contribution in [0.1, 0.15) is 9.67 Å². The van der Waals surface area contributed by atoms with Gasteiger partial charge in [0.2, 0.25) is 5.78 Å². The lowest BCUT2D eigenvalue weighted by Gasteiger charge is -2.12. The predicted octanol–water partition coefficient (Wildman–Crippen LogP) is 6.93. The van der Waals surface area contributed by atoms with Gasteiger partial charge in [-0.2, -0.15) is 0 Å². The molecule has 9 heteroatoms. The molecule has 2 nitrogen and oxygen atoms in total. The fraction of sp³-hybridized carbons (Fsp3) is 0.0833. The monoisotopic (exact) mass is 422 g/mol. The third-order valence-electron chi connectivity index (χ3n) is 2.37. The maximum Gasteiger partial charge on any atom is 0.210 e. The Morgan fingerprint density at radius 2 is 1.43 bits per heavy atom. The number of rotatable bonds is 4. The van der Waals surface area contributed by atoms with Crippen molar-refractivity contribution in [1.29, 1.82) is 0 Å². The van der Waals surface area contributed by atoms with E-state index in [9.17, 15) is 4.79 Å². The maximum atomic E-state index is 11.9. The molecule has 0 bridgehead atoms. The summed E-state index contributed by atoms with van der Waals surface area (Å²) in [6.07, 6.45) is 0. The van der Waals surface area contributed by atoms with E-state index in [1.807, 2.05) is 0 Å². The van der Waals surface area contributed by atoms with Crippen molar-refractivity contribution in [2.45, 2.75) is 0 Å². The van der Waals surface area contributed by atoms with Crippen molar-refractivity contribution in [2.24, 2.45) is 0 Å². The lowest BCUT2D eigenvalue weighted by Crippen LogP contribution is -2.10. The molecular weight excluding hydrogens is 421 g/mol. The second-order valence-electron chi connectivity index (χ2n) is 3.71. The molecule has 0 spiro atoms. The average molecular weight is 425 g/mol. The van der Waals surface area contributed by atoms with E-state index in [0.29, 0.717) is 9.21 Å². The molecule has 0 saturated heterocycles. The van der Waals surface area contributed by atoms with E-state index in [1.165, 1.54) is 0 Å². The lowest BCUT2D eigenvalue weighted by atomic mass is 10.3. The third-order valence-corrected chi connectivity index (χ3v) is 5.88. The van der Waals surface area contributed by atoms with Crippen LogP contribution in [0.25, 0.3) is 0 Å². The zero-order chi connectivity index (χ0) is 15.7. The molecule has 2 rings (SSSR count). The summed E-state index contributed by atoms with van der Waals surface area (Å²) >= 11 is 36.6. The summed E-state index contributed by atoms with van der Waals surface area (Å²) in [4.78, 5) is 12.4. The summed E-state index contributed by atoms with van der Waals surface area (Å²) < 4.78 is 5.84. The van der Waals surface area contributed by atoms with Crippen LogP contribution in [0.15, 0.2) is 12.1 Å². The number of halogens is 6. The first-order valence-corrected chi connectivity index (χ1v) is 8.34. The summed E-state index contributed by atoms with van der Waals surface area (Å²) in [5.74, 6) is -0.269. The van der Waals surface area contributed by atoms with Gasteiger partial charge in [-0.3, -0.25) is 4.79 Å². The lowest BCUT2D eigenvalue weighted by molar-refractivity contribution is 0.0926. The van der Waals surface area contributed by atoms with Crippen molar-refractivity contribution in [3.63, 3.8) is 0 Å². The Bertz CT molecular complexity index is 683. The van der Waals surface area contributed by atoms with Gasteiger partial charge >= 0.3 is 0 Å². The SMILES string of the molecule is O=C(COc1c(Cl)c(Cl)c(Cl)c(Cl)c1Cl)c1ccc(Cl)s1. The van der Waals surface area contributed by atoms with Gasteiger partial charge < -0.3 is 4.74 Å². The molecule has 112 valence electrons. The smallest absolute Gasteiger partial charge is 0.210 e. The first kappa shape index (κ1) is 17.5. The molecule has 1 aromatic carbocycles. The highest BCUT2D eigenvalue weighted by molar-refractivity contribution is 7.18. The highest BCUT2D eigenvalue weighted by atomic mass is 35.5. The molecule has 1 heterocycles. The number of thiophene rings is 1. The van der Waals surface area contributed by atoms with Gasteiger partial charge in [-0.25, -0.2) is 0 Å². The second kappa shape index (κ2) is 7.14. The largest absolute Gasteiger partial charge is 0.482 e. The molecule has 0 fully saturated rings. The van der Waals surface area contributed by atoms with Crippen LogP contribution in [-0.4, -0.2) is 12.4 Å². The number of carbonyl (C=O) groups excluding carboxylic acids is 1. The molecule has 0 aliphatic heterocycles. The van der Waals surface area contributed by atoms with Gasteiger partial charge in [0.05, 0.1) is 24.3 Å². The molecule has 1 aromatic heterocycles. The highest BCUT2D eigenvalue weighted by Gasteiger charge is 2.21. The maximum absolute atomic E-state index is 11.9. The molecule has 2 aromatic rings. The van der Waals surface area contributed by atoms with E-state index in [0.717, 1.165) is 11.3 Å². The number of carbonyl (C=O) groups is 1. The summed E-state index contributed by atoms with van der Waals surface area (Å²) in [5, 5.41) is 0.0295. The Balaban J connectivity index is 2.23. The van der Waals surface area contributed by atoms with E-state index < -0.39 is 0 Å². The van der Waals surface area contributed by atoms with Crippen molar-refractivity contribution in [1.82, 2.24) is 0 Å². The Kier molecular flexibility index (Phi) is 5.94. The van der Waals surface area contributed by atoms with Crippen molar-refractivity contribution >= 4 is 86.7 Å². The van der Waals surface area contributed by atoms with Crippen LogP contribution in [0.3, 0.4) is 0 Å². The minimum absolute atomic E-state index is 0.00641. The summed E-state index contributed by atoms with van der Waals surface area (Å²) in [5.41, 5.74) is 0. The summed E-state index contributed by atoms with van der Waals surface area (Å²) in [6, 6.07) is 3.22. The van der Waals surface area contributed by atoms with Crippen LogP contribution >= 0.6 is 80.9 Å². The van der Waals surface area contributed by atoms with Crippen molar-refractivity contribution in [2.75, 3.05) is 6.61 Å². The quantitative estimate of drug-likeness (QED) is 0.302. The Hall–Kier alpha value is 0.130. The zero-order valence-corrected chi connectivity index (χ0v) is 15.2. The van der Waals surface area contributed by atoms with Gasteiger partial charge in [0.1, 0.15) is 10.0 Å². The summed E-state index contributed by atoms with van der Waals surface area (Å²) in [6.45, 7) is -0.287. The van der Waals surface area contributed by atoms with Crippen LogP contribution in [0.5, 0.6) is 5.75 Å². The zero-order valence-electron chi connectivity index (χ0n) is 9.85. The number of ether oxygens (including phenoxy) is 1. The van der Waals surface area contributed by atoms with Gasteiger partial charge in [-0.05, 0) is 12.1 Å². The van der Waals surface area contributed by atoms with E-state index in [-0.39, 0.29) is 43.3 Å². The van der Waals surface area contributed by atoms with Crippen LogP contribution < -0.4 is 4.74 Å². The number of Topliss-reactive ketones (excluding diaryl/α,β-unsaturated/α-hetero) is 1. The van der Waals surface area contributed by atoms with Crippen LogP contribution in [0.2, 0.25) is 29.4 Å². The molecular formula is C12H4Cl6O2S. The number of benzene rings is 1. The van der Waals surface area contributed by atoms with Crippen LogP contribution in [-0.2, 0) is 0 Å². The first-order valence-electron chi connectivity index (χ1n) is 5.25. The second-order valence-corrected chi connectivity index (χ2v) is 7.32. The molecule has 21 heavy (non-hydrogen) atoms. The van der Waals surface area contributed by atoms with E-state index in [1.54, 1.807) is 12.1 Å². The first-order chi connectivity index (χ1) is 9.82. The third kappa shape index (κ3) is 3.73. The van der Waals surface area contributed by atoms with E-state index in [4.69, 9.17) is 74.3 Å². The highest BCUT2D eigenvalue weighted by Crippen LogP contribution is 2.48. The normalized spacial score (nSPS) is 10.8. The Morgan fingerprint density at radius 1 is 0.905 bits per heavy atom. The fourth-order valence-corrected chi connectivity index (χ4v) is 3.58. The fourth-order valence-electron chi connectivity index (χ4n) is 1.38. The standard InChI is InChI=1S/C12H4Cl6O2S/c13-6-2-1-5(21-6)4(19)3-20-12-10(17)8(15)7(14)9(16)11(12)18/h1-2H,3H2. The predicted molar refractivity (Wildman–Crippen MR) is 90.6 cm³/mol. The molecule has 0 atom stereocenters. The van der Waals surface area contributed by atoms with Crippen molar-refractivity contribution in [3.8, 4) is 5.75 Å².